The van der Waals surface area contributed by atoms with E-state index in [0.717, 1.165) is 12.8 Å². The Bertz CT molecular complexity index is 535. The van der Waals surface area contributed by atoms with Gasteiger partial charge in [0.15, 0.2) is 0 Å². The second-order valence-electron chi connectivity index (χ2n) is 5.56. The van der Waals surface area contributed by atoms with Crippen LogP contribution in [0.15, 0.2) is 18.2 Å². The molecule has 1 atom stereocenters. The minimum atomic E-state index is -0.957. The van der Waals surface area contributed by atoms with Crippen molar-refractivity contribution in [3.05, 3.63) is 29.3 Å². The van der Waals surface area contributed by atoms with Crippen LogP contribution < -0.4 is 5.32 Å². The van der Waals surface area contributed by atoms with E-state index in [9.17, 15) is 9.59 Å². The number of anilines is 1. The molecule has 1 heterocycles. The summed E-state index contributed by atoms with van der Waals surface area (Å²) in [5, 5.41) is 11.9. The topological polar surface area (TPSA) is 75.6 Å². The molecule has 1 aromatic carbocycles. The van der Waals surface area contributed by atoms with E-state index < -0.39 is 5.97 Å². The SMILES string of the molecule is Cc1cc(NC(=O)C(C)C2CCOCC2)ccc1C(=O)O. The summed E-state index contributed by atoms with van der Waals surface area (Å²) in [4.78, 5) is 23.2. The summed E-state index contributed by atoms with van der Waals surface area (Å²) in [6.45, 7) is 5.09. The zero-order valence-corrected chi connectivity index (χ0v) is 12.4. The molecule has 5 nitrogen and oxygen atoms in total. The van der Waals surface area contributed by atoms with Crippen LogP contribution in [0.5, 0.6) is 0 Å². The Labute approximate surface area is 124 Å². The van der Waals surface area contributed by atoms with Gasteiger partial charge in [-0.2, -0.15) is 0 Å². The average molecular weight is 291 g/mol. The number of carboxylic acid groups (broad SMARTS) is 1. The average Bonchev–Trinajstić information content (AvgIpc) is 2.47. The van der Waals surface area contributed by atoms with Gasteiger partial charge in [0.05, 0.1) is 5.56 Å². The lowest BCUT2D eigenvalue weighted by molar-refractivity contribution is -0.122. The first-order valence-electron chi connectivity index (χ1n) is 7.21. The van der Waals surface area contributed by atoms with Gasteiger partial charge in [0, 0.05) is 24.8 Å². The molecule has 2 rings (SSSR count). The summed E-state index contributed by atoms with van der Waals surface area (Å²) >= 11 is 0. The fraction of sp³-hybridized carbons (Fsp3) is 0.500. The van der Waals surface area contributed by atoms with Gasteiger partial charge in [0.2, 0.25) is 5.91 Å². The van der Waals surface area contributed by atoms with Crippen molar-refractivity contribution >= 4 is 17.6 Å². The lowest BCUT2D eigenvalue weighted by Crippen LogP contribution is -2.31. The molecule has 5 heteroatoms. The minimum Gasteiger partial charge on any atom is -0.478 e. The highest BCUT2D eigenvalue weighted by atomic mass is 16.5. The van der Waals surface area contributed by atoms with E-state index in [2.05, 4.69) is 5.32 Å². The molecule has 1 unspecified atom stereocenters. The Balaban J connectivity index is 2.01. The normalized spacial score (nSPS) is 17.2. The molecule has 1 fully saturated rings. The Hall–Kier alpha value is -1.88. The van der Waals surface area contributed by atoms with Crippen molar-refractivity contribution in [2.75, 3.05) is 18.5 Å². The fourth-order valence-corrected chi connectivity index (χ4v) is 2.67. The van der Waals surface area contributed by atoms with Crippen molar-refractivity contribution in [2.45, 2.75) is 26.7 Å². The van der Waals surface area contributed by atoms with Gasteiger partial charge in [-0.1, -0.05) is 6.92 Å². The number of benzene rings is 1. The maximum absolute atomic E-state index is 12.3. The molecule has 0 saturated carbocycles. The molecule has 0 spiro atoms. The third-order valence-electron chi connectivity index (χ3n) is 4.11. The van der Waals surface area contributed by atoms with Crippen LogP contribution >= 0.6 is 0 Å². The summed E-state index contributed by atoms with van der Waals surface area (Å²) in [6.07, 6.45) is 1.82. The largest absolute Gasteiger partial charge is 0.478 e. The van der Waals surface area contributed by atoms with Crippen molar-refractivity contribution in [1.82, 2.24) is 0 Å². The summed E-state index contributed by atoms with van der Waals surface area (Å²) in [6, 6.07) is 4.84. The van der Waals surface area contributed by atoms with Crippen LogP contribution in [0.4, 0.5) is 5.69 Å². The number of carbonyl (C=O) groups excluding carboxylic acids is 1. The van der Waals surface area contributed by atoms with Gasteiger partial charge in [-0.3, -0.25) is 4.79 Å². The van der Waals surface area contributed by atoms with Crippen LogP contribution in [-0.2, 0) is 9.53 Å². The lowest BCUT2D eigenvalue weighted by Gasteiger charge is -2.27. The summed E-state index contributed by atoms with van der Waals surface area (Å²) in [5.74, 6) is -0.711. The molecule has 1 amide bonds. The monoisotopic (exact) mass is 291 g/mol. The van der Waals surface area contributed by atoms with Crippen molar-refractivity contribution in [3.63, 3.8) is 0 Å². The van der Waals surface area contributed by atoms with Crippen LogP contribution in [0.25, 0.3) is 0 Å². The second-order valence-corrected chi connectivity index (χ2v) is 5.56. The van der Waals surface area contributed by atoms with E-state index in [1.54, 1.807) is 19.1 Å². The molecule has 0 aliphatic carbocycles. The molecule has 21 heavy (non-hydrogen) atoms. The molecule has 0 bridgehead atoms. The molecule has 1 saturated heterocycles. The van der Waals surface area contributed by atoms with Gasteiger partial charge in [0.1, 0.15) is 0 Å². The predicted octanol–water partition coefficient (Wildman–Crippen LogP) is 2.69. The van der Waals surface area contributed by atoms with Crippen molar-refractivity contribution in [1.29, 1.82) is 0 Å². The summed E-state index contributed by atoms with van der Waals surface area (Å²) in [5.41, 5.74) is 1.53. The highest BCUT2D eigenvalue weighted by molar-refractivity contribution is 5.94. The number of carbonyl (C=O) groups is 2. The first-order valence-corrected chi connectivity index (χ1v) is 7.21. The van der Waals surface area contributed by atoms with Gasteiger partial charge in [-0.05, 0) is 49.4 Å². The Morgan fingerprint density at radius 2 is 2.00 bits per heavy atom. The summed E-state index contributed by atoms with van der Waals surface area (Å²) < 4.78 is 5.31. The Kier molecular flexibility index (Phi) is 4.96. The third-order valence-corrected chi connectivity index (χ3v) is 4.11. The Morgan fingerprint density at radius 1 is 1.33 bits per heavy atom. The Morgan fingerprint density at radius 3 is 2.57 bits per heavy atom. The number of ether oxygens (including phenoxy) is 1. The van der Waals surface area contributed by atoms with Crippen molar-refractivity contribution in [3.8, 4) is 0 Å². The smallest absolute Gasteiger partial charge is 0.335 e. The van der Waals surface area contributed by atoms with E-state index >= 15 is 0 Å². The summed E-state index contributed by atoms with van der Waals surface area (Å²) in [7, 11) is 0. The molecule has 1 aliphatic heterocycles. The molecule has 0 radical (unpaired) electrons. The van der Waals surface area contributed by atoms with E-state index in [0.29, 0.717) is 30.4 Å². The number of hydrogen-bond donors (Lipinski definition) is 2. The molecular formula is C16H21NO4. The van der Waals surface area contributed by atoms with E-state index in [1.807, 2.05) is 6.92 Å². The number of carboxylic acids is 1. The number of nitrogens with one attached hydrogen (secondary N) is 1. The number of rotatable bonds is 4. The van der Waals surface area contributed by atoms with Crippen molar-refractivity contribution < 1.29 is 19.4 Å². The van der Waals surface area contributed by atoms with Gasteiger partial charge < -0.3 is 15.2 Å². The third kappa shape index (κ3) is 3.82. The number of aryl methyl sites for hydroxylation is 1. The van der Waals surface area contributed by atoms with Gasteiger partial charge in [0.25, 0.3) is 0 Å². The zero-order valence-electron chi connectivity index (χ0n) is 12.4. The predicted molar refractivity (Wildman–Crippen MR) is 79.5 cm³/mol. The maximum atomic E-state index is 12.3. The van der Waals surface area contributed by atoms with Crippen molar-refractivity contribution in [2.24, 2.45) is 11.8 Å². The minimum absolute atomic E-state index is 0.0237. The van der Waals surface area contributed by atoms with Crippen LogP contribution in [0, 0.1) is 18.8 Å². The quantitative estimate of drug-likeness (QED) is 0.894. The number of hydrogen-bond acceptors (Lipinski definition) is 3. The number of amides is 1. The molecule has 1 aromatic rings. The first-order chi connectivity index (χ1) is 9.99. The standard InChI is InChI=1S/C16H21NO4/c1-10-9-13(3-4-14(10)16(19)20)17-15(18)11(2)12-5-7-21-8-6-12/h3-4,9,11-12H,5-8H2,1-2H3,(H,17,18)(H,19,20). The molecular weight excluding hydrogens is 270 g/mol. The highest BCUT2D eigenvalue weighted by Crippen LogP contribution is 2.25. The van der Waals surface area contributed by atoms with Gasteiger partial charge in [-0.25, -0.2) is 4.79 Å². The number of aromatic carboxylic acids is 1. The molecule has 114 valence electrons. The lowest BCUT2D eigenvalue weighted by atomic mass is 9.86. The zero-order chi connectivity index (χ0) is 15.4. The van der Waals surface area contributed by atoms with Crippen LogP contribution in [0.3, 0.4) is 0 Å². The second kappa shape index (κ2) is 6.72. The van der Waals surface area contributed by atoms with Crippen LogP contribution in [0.2, 0.25) is 0 Å². The maximum Gasteiger partial charge on any atom is 0.335 e. The molecule has 1 aliphatic rings. The molecule has 2 N–H and O–H groups in total. The van der Waals surface area contributed by atoms with Gasteiger partial charge in [-0.15, -0.1) is 0 Å². The highest BCUT2D eigenvalue weighted by Gasteiger charge is 2.26. The van der Waals surface area contributed by atoms with E-state index in [1.165, 1.54) is 6.07 Å². The first kappa shape index (κ1) is 15.5. The van der Waals surface area contributed by atoms with E-state index in [4.69, 9.17) is 9.84 Å². The van der Waals surface area contributed by atoms with E-state index in [-0.39, 0.29) is 17.4 Å². The van der Waals surface area contributed by atoms with Crippen LogP contribution in [0.1, 0.15) is 35.7 Å². The van der Waals surface area contributed by atoms with Gasteiger partial charge >= 0.3 is 5.97 Å². The fourth-order valence-electron chi connectivity index (χ4n) is 2.67. The molecule has 0 aromatic heterocycles. The van der Waals surface area contributed by atoms with Crippen LogP contribution in [-0.4, -0.2) is 30.2 Å².